The van der Waals surface area contributed by atoms with Gasteiger partial charge in [0.25, 0.3) is 5.91 Å². The Kier molecular flexibility index (Phi) is 6.54. The molecule has 0 radical (unpaired) electrons. The largest absolute Gasteiger partial charge is 0.496 e. The van der Waals surface area contributed by atoms with E-state index in [1.165, 1.54) is 0 Å². The summed E-state index contributed by atoms with van der Waals surface area (Å²) in [5.41, 5.74) is 1.35. The van der Waals surface area contributed by atoms with Crippen LogP contribution in [0.2, 0.25) is 0 Å². The fraction of sp³-hybridized carbons (Fsp3) is 0.381. The predicted octanol–water partition coefficient (Wildman–Crippen LogP) is 3.19. The zero-order chi connectivity index (χ0) is 19.1. The maximum Gasteiger partial charge on any atom is 0.251 e. The highest BCUT2D eigenvalue weighted by atomic mass is 16.5. The first-order chi connectivity index (χ1) is 13.2. The van der Waals surface area contributed by atoms with E-state index < -0.39 is 0 Å². The zero-order valence-corrected chi connectivity index (χ0v) is 15.7. The summed E-state index contributed by atoms with van der Waals surface area (Å²) in [4.78, 5) is 12.5. The molecule has 144 valence electrons. The fourth-order valence-corrected chi connectivity index (χ4v) is 3.04. The van der Waals surface area contributed by atoms with Crippen molar-refractivity contribution in [2.24, 2.45) is 0 Å². The van der Waals surface area contributed by atoms with Gasteiger partial charge in [-0.25, -0.2) is 0 Å². The third kappa shape index (κ3) is 4.92. The van der Waals surface area contributed by atoms with E-state index in [-0.39, 0.29) is 18.6 Å². The van der Waals surface area contributed by atoms with E-state index in [9.17, 15) is 4.79 Å². The van der Waals surface area contributed by atoms with Crippen molar-refractivity contribution in [3.05, 3.63) is 53.6 Å². The maximum atomic E-state index is 12.5. The van der Waals surface area contributed by atoms with E-state index in [2.05, 4.69) is 5.32 Å². The van der Waals surface area contributed by atoms with Gasteiger partial charge >= 0.3 is 0 Å². The van der Waals surface area contributed by atoms with Gasteiger partial charge in [0.15, 0.2) is 11.5 Å². The Balaban J connectivity index is 1.68. The molecular weight excluding hydrogens is 346 g/mol. The highest BCUT2D eigenvalue weighted by molar-refractivity contribution is 5.94. The van der Waals surface area contributed by atoms with E-state index in [0.29, 0.717) is 29.4 Å². The molecule has 1 saturated heterocycles. The highest BCUT2D eigenvalue weighted by Gasteiger charge is 2.17. The molecule has 3 rings (SSSR count). The van der Waals surface area contributed by atoms with Gasteiger partial charge in [0.2, 0.25) is 0 Å². The minimum absolute atomic E-state index is 0.112. The average molecular weight is 371 g/mol. The molecule has 0 unspecified atom stereocenters. The van der Waals surface area contributed by atoms with E-state index in [0.717, 1.165) is 25.0 Å². The SMILES string of the molecule is COc1ccc(C(=O)NC[C@@H]2CCCO2)cc1COc1ccccc1OC. The topological polar surface area (TPSA) is 66.0 Å². The van der Waals surface area contributed by atoms with Crippen LogP contribution in [0, 0.1) is 0 Å². The Morgan fingerprint density at radius 2 is 1.89 bits per heavy atom. The molecule has 1 heterocycles. The Labute approximate surface area is 159 Å². The number of hydrogen-bond acceptors (Lipinski definition) is 5. The van der Waals surface area contributed by atoms with Gasteiger partial charge in [-0.2, -0.15) is 0 Å². The van der Waals surface area contributed by atoms with Gasteiger partial charge in [0, 0.05) is 24.3 Å². The second-order valence-corrected chi connectivity index (χ2v) is 6.31. The number of carbonyl (C=O) groups excluding carboxylic acids is 1. The molecule has 6 nitrogen and oxygen atoms in total. The van der Waals surface area contributed by atoms with Crippen molar-refractivity contribution in [3.8, 4) is 17.2 Å². The Morgan fingerprint density at radius 1 is 1.11 bits per heavy atom. The zero-order valence-electron chi connectivity index (χ0n) is 15.7. The summed E-state index contributed by atoms with van der Waals surface area (Å²) in [5, 5.41) is 2.93. The van der Waals surface area contributed by atoms with Crippen LogP contribution in [0.3, 0.4) is 0 Å². The molecule has 1 aliphatic rings. The van der Waals surface area contributed by atoms with Gasteiger partial charge in [0.1, 0.15) is 12.4 Å². The minimum Gasteiger partial charge on any atom is -0.496 e. The van der Waals surface area contributed by atoms with Gasteiger partial charge < -0.3 is 24.3 Å². The van der Waals surface area contributed by atoms with E-state index in [4.69, 9.17) is 18.9 Å². The van der Waals surface area contributed by atoms with Crippen LogP contribution in [0.15, 0.2) is 42.5 Å². The summed E-state index contributed by atoms with van der Waals surface area (Å²) in [6.45, 7) is 1.56. The lowest BCUT2D eigenvalue weighted by Crippen LogP contribution is -2.31. The molecule has 1 N–H and O–H groups in total. The van der Waals surface area contributed by atoms with Crippen LogP contribution in [0.1, 0.15) is 28.8 Å². The maximum absolute atomic E-state index is 12.5. The Hall–Kier alpha value is -2.73. The third-order valence-corrected chi connectivity index (χ3v) is 4.51. The number of methoxy groups -OCH3 is 2. The first-order valence-corrected chi connectivity index (χ1v) is 9.04. The summed E-state index contributed by atoms with van der Waals surface area (Å²) in [7, 11) is 3.20. The Bertz CT molecular complexity index is 771. The van der Waals surface area contributed by atoms with Crippen LogP contribution in [0.5, 0.6) is 17.2 Å². The molecule has 2 aromatic carbocycles. The molecule has 1 amide bonds. The number of nitrogens with one attached hydrogen (secondary N) is 1. The molecule has 1 fully saturated rings. The van der Waals surface area contributed by atoms with Crippen LogP contribution in [-0.2, 0) is 11.3 Å². The number of rotatable bonds is 8. The summed E-state index contributed by atoms with van der Waals surface area (Å²) in [6, 6.07) is 12.7. The van der Waals surface area contributed by atoms with E-state index in [1.54, 1.807) is 32.4 Å². The molecule has 1 aliphatic heterocycles. The van der Waals surface area contributed by atoms with Crippen LogP contribution < -0.4 is 19.5 Å². The van der Waals surface area contributed by atoms with E-state index in [1.807, 2.05) is 24.3 Å². The monoisotopic (exact) mass is 371 g/mol. The molecule has 6 heteroatoms. The number of ether oxygens (including phenoxy) is 4. The average Bonchev–Trinajstić information content (AvgIpc) is 3.24. The fourth-order valence-electron chi connectivity index (χ4n) is 3.04. The second-order valence-electron chi connectivity index (χ2n) is 6.31. The number of carbonyl (C=O) groups is 1. The van der Waals surface area contributed by atoms with Crippen molar-refractivity contribution in [3.63, 3.8) is 0 Å². The van der Waals surface area contributed by atoms with Crippen molar-refractivity contribution in [2.75, 3.05) is 27.4 Å². The predicted molar refractivity (Wildman–Crippen MR) is 102 cm³/mol. The molecule has 0 aliphatic carbocycles. The van der Waals surface area contributed by atoms with Crippen molar-refractivity contribution in [2.45, 2.75) is 25.6 Å². The van der Waals surface area contributed by atoms with Gasteiger partial charge in [-0.15, -0.1) is 0 Å². The standard InChI is InChI=1S/C21H25NO5/c1-24-18-10-9-15(21(23)22-13-17-6-5-11-26-17)12-16(18)14-27-20-8-4-3-7-19(20)25-2/h3-4,7-10,12,17H,5-6,11,13-14H2,1-2H3,(H,22,23)/t17-/m0/s1. The minimum atomic E-state index is -0.133. The van der Waals surface area contributed by atoms with Gasteiger partial charge in [0.05, 0.1) is 20.3 Å². The molecule has 27 heavy (non-hydrogen) atoms. The van der Waals surface area contributed by atoms with E-state index >= 15 is 0 Å². The first-order valence-electron chi connectivity index (χ1n) is 9.04. The lowest BCUT2D eigenvalue weighted by atomic mass is 10.1. The molecule has 0 aromatic heterocycles. The number of amides is 1. The summed E-state index contributed by atoms with van der Waals surface area (Å²) in [6.07, 6.45) is 2.15. The third-order valence-electron chi connectivity index (χ3n) is 4.51. The first kappa shape index (κ1) is 19.0. The number of benzene rings is 2. The summed E-state index contributed by atoms with van der Waals surface area (Å²) < 4.78 is 22.1. The normalized spacial score (nSPS) is 16.0. The quantitative estimate of drug-likeness (QED) is 0.772. The van der Waals surface area contributed by atoms with Crippen LogP contribution in [0.25, 0.3) is 0 Å². The van der Waals surface area contributed by atoms with Crippen LogP contribution in [-0.4, -0.2) is 39.4 Å². The van der Waals surface area contributed by atoms with Crippen LogP contribution in [0.4, 0.5) is 0 Å². The smallest absolute Gasteiger partial charge is 0.251 e. The second kappa shape index (κ2) is 9.28. The lowest BCUT2D eigenvalue weighted by molar-refractivity contribution is 0.0857. The Morgan fingerprint density at radius 3 is 2.59 bits per heavy atom. The molecule has 0 bridgehead atoms. The molecule has 1 atom stereocenters. The molecule has 0 saturated carbocycles. The summed E-state index contributed by atoms with van der Waals surface area (Å²) in [5.74, 6) is 1.82. The van der Waals surface area contributed by atoms with Crippen molar-refractivity contribution < 1.29 is 23.7 Å². The van der Waals surface area contributed by atoms with Crippen molar-refractivity contribution in [1.82, 2.24) is 5.32 Å². The van der Waals surface area contributed by atoms with Crippen LogP contribution >= 0.6 is 0 Å². The van der Waals surface area contributed by atoms with Crippen molar-refractivity contribution in [1.29, 1.82) is 0 Å². The highest BCUT2D eigenvalue weighted by Crippen LogP contribution is 2.28. The number of para-hydroxylation sites is 2. The molecule has 0 spiro atoms. The van der Waals surface area contributed by atoms with Gasteiger partial charge in [-0.1, -0.05) is 12.1 Å². The van der Waals surface area contributed by atoms with Gasteiger partial charge in [-0.05, 0) is 43.2 Å². The summed E-state index contributed by atoms with van der Waals surface area (Å²) >= 11 is 0. The van der Waals surface area contributed by atoms with Gasteiger partial charge in [-0.3, -0.25) is 4.79 Å². The number of hydrogen-bond donors (Lipinski definition) is 1. The van der Waals surface area contributed by atoms with Crippen molar-refractivity contribution >= 4 is 5.91 Å². The molecular formula is C21H25NO5. The lowest BCUT2D eigenvalue weighted by Gasteiger charge is -2.14. The molecule has 2 aromatic rings.